The molecule has 1 amide bonds. The van der Waals surface area contributed by atoms with E-state index in [4.69, 9.17) is 0 Å². The molecule has 4 rings (SSSR count). The van der Waals surface area contributed by atoms with Crippen LogP contribution < -0.4 is 10.9 Å². The average Bonchev–Trinajstić information content (AvgIpc) is 3.19. The minimum atomic E-state index is -0.199. The lowest BCUT2D eigenvalue weighted by molar-refractivity contribution is -0.121. The van der Waals surface area contributed by atoms with E-state index in [0.717, 1.165) is 17.7 Å². The Hall–Kier alpha value is -3.74. The Morgan fingerprint density at radius 1 is 1.07 bits per heavy atom. The third-order valence-corrected chi connectivity index (χ3v) is 4.99. The predicted molar refractivity (Wildman–Crippen MR) is 116 cm³/mol. The van der Waals surface area contributed by atoms with Gasteiger partial charge in [-0.2, -0.15) is 5.10 Å². The monoisotopic (exact) mass is 401 g/mol. The quantitative estimate of drug-likeness (QED) is 0.516. The van der Waals surface area contributed by atoms with E-state index in [2.05, 4.69) is 15.4 Å². The van der Waals surface area contributed by atoms with Gasteiger partial charge < -0.3 is 5.32 Å². The van der Waals surface area contributed by atoms with Crippen molar-refractivity contribution in [1.29, 1.82) is 0 Å². The Kier molecular flexibility index (Phi) is 5.70. The normalized spacial score (nSPS) is 11.0. The lowest BCUT2D eigenvalue weighted by Crippen LogP contribution is -2.29. The van der Waals surface area contributed by atoms with Crippen molar-refractivity contribution in [2.24, 2.45) is 0 Å². The number of nitrogens with one attached hydrogen (secondary N) is 1. The van der Waals surface area contributed by atoms with Gasteiger partial charge in [0.25, 0.3) is 5.56 Å². The van der Waals surface area contributed by atoms with Gasteiger partial charge in [-0.25, -0.2) is 9.67 Å². The maximum absolute atomic E-state index is 12.8. The summed E-state index contributed by atoms with van der Waals surface area (Å²) in [5, 5.41) is 7.65. The van der Waals surface area contributed by atoms with E-state index in [-0.39, 0.29) is 24.4 Å². The van der Waals surface area contributed by atoms with Crippen LogP contribution >= 0.6 is 0 Å². The number of nitrogens with zero attached hydrogens (tertiary/aromatic N) is 4. The van der Waals surface area contributed by atoms with Gasteiger partial charge in [-0.3, -0.25) is 14.2 Å². The molecule has 0 atom stereocenters. The van der Waals surface area contributed by atoms with Crippen LogP contribution in [0.25, 0.3) is 16.7 Å². The topological polar surface area (TPSA) is 81.8 Å². The summed E-state index contributed by atoms with van der Waals surface area (Å²) in [6, 6.07) is 17.8. The molecule has 2 aromatic heterocycles. The van der Waals surface area contributed by atoms with Crippen LogP contribution in [-0.4, -0.2) is 31.8 Å². The molecule has 0 fully saturated rings. The molecule has 0 aliphatic heterocycles. The molecule has 0 bridgehead atoms. The molecule has 2 aromatic carbocycles. The molecule has 0 saturated carbocycles. The zero-order valence-electron chi connectivity index (χ0n) is 16.8. The molecular formula is C23H23N5O2. The van der Waals surface area contributed by atoms with Crippen LogP contribution in [0, 0.1) is 6.92 Å². The predicted octanol–water partition coefficient (Wildman–Crippen LogP) is 2.64. The van der Waals surface area contributed by atoms with E-state index in [1.165, 1.54) is 22.7 Å². The van der Waals surface area contributed by atoms with E-state index in [1.54, 1.807) is 4.68 Å². The van der Waals surface area contributed by atoms with Crippen LogP contribution in [0.5, 0.6) is 0 Å². The molecule has 4 aromatic rings. The van der Waals surface area contributed by atoms with E-state index < -0.39 is 0 Å². The standard InChI is InChI=1S/C23H23N5O2/c1-17-7-9-19(10-8-17)28-22-20(15-26-28)23(30)27(16-25-22)14-12-21(29)24-13-11-18-5-3-2-4-6-18/h2-10,15-16H,11-14H2,1H3,(H,24,29). The van der Waals surface area contributed by atoms with Gasteiger partial charge in [0, 0.05) is 19.5 Å². The number of hydrogen-bond acceptors (Lipinski definition) is 4. The number of aromatic nitrogens is 4. The van der Waals surface area contributed by atoms with Crippen LogP contribution in [0.1, 0.15) is 17.5 Å². The van der Waals surface area contributed by atoms with Gasteiger partial charge in [-0.15, -0.1) is 0 Å². The highest BCUT2D eigenvalue weighted by atomic mass is 16.1. The van der Waals surface area contributed by atoms with Crippen molar-refractivity contribution >= 4 is 16.9 Å². The third-order valence-electron chi connectivity index (χ3n) is 4.99. The highest BCUT2D eigenvalue weighted by Crippen LogP contribution is 2.14. The number of fused-ring (bicyclic) bond motifs is 1. The number of carbonyl (C=O) groups is 1. The molecule has 0 radical (unpaired) electrons. The van der Waals surface area contributed by atoms with E-state index in [0.29, 0.717) is 17.6 Å². The fourth-order valence-corrected chi connectivity index (χ4v) is 3.28. The Morgan fingerprint density at radius 3 is 2.60 bits per heavy atom. The summed E-state index contributed by atoms with van der Waals surface area (Å²) >= 11 is 0. The van der Waals surface area contributed by atoms with Crippen LogP contribution in [0.15, 0.2) is 71.9 Å². The second-order valence-corrected chi connectivity index (χ2v) is 7.21. The number of amides is 1. The number of hydrogen-bond donors (Lipinski definition) is 1. The maximum atomic E-state index is 12.8. The highest BCUT2D eigenvalue weighted by Gasteiger charge is 2.12. The van der Waals surface area contributed by atoms with Crippen molar-refractivity contribution < 1.29 is 4.79 Å². The van der Waals surface area contributed by atoms with Gasteiger partial charge in [0.15, 0.2) is 5.65 Å². The summed E-state index contributed by atoms with van der Waals surface area (Å²) in [7, 11) is 0. The van der Waals surface area contributed by atoms with E-state index in [1.807, 2.05) is 61.5 Å². The number of carbonyl (C=O) groups excluding carboxylic acids is 1. The first-order valence-electron chi connectivity index (χ1n) is 9.92. The second-order valence-electron chi connectivity index (χ2n) is 7.21. The molecule has 152 valence electrons. The summed E-state index contributed by atoms with van der Waals surface area (Å²) < 4.78 is 3.11. The van der Waals surface area contributed by atoms with E-state index >= 15 is 0 Å². The molecule has 0 spiro atoms. The molecule has 7 nitrogen and oxygen atoms in total. The van der Waals surface area contributed by atoms with E-state index in [9.17, 15) is 9.59 Å². The molecule has 30 heavy (non-hydrogen) atoms. The largest absolute Gasteiger partial charge is 0.356 e. The lowest BCUT2D eigenvalue weighted by Gasteiger charge is -2.08. The first-order valence-corrected chi connectivity index (χ1v) is 9.92. The van der Waals surface area contributed by atoms with Gasteiger partial charge in [-0.1, -0.05) is 48.0 Å². The average molecular weight is 401 g/mol. The van der Waals surface area contributed by atoms with Crippen molar-refractivity contribution in [2.75, 3.05) is 6.54 Å². The smallest absolute Gasteiger partial charge is 0.264 e. The van der Waals surface area contributed by atoms with Crippen molar-refractivity contribution in [3.63, 3.8) is 0 Å². The van der Waals surface area contributed by atoms with Gasteiger partial charge in [0.1, 0.15) is 5.39 Å². The van der Waals surface area contributed by atoms with Crippen molar-refractivity contribution in [3.8, 4) is 5.69 Å². The first-order chi connectivity index (χ1) is 14.6. The number of rotatable bonds is 7. The van der Waals surface area contributed by atoms with Gasteiger partial charge in [-0.05, 0) is 31.0 Å². The summed E-state index contributed by atoms with van der Waals surface area (Å²) in [6.07, 6.45) is 4.00. The molecule has 1 N–H and O–H groups in total. The fourth-order valence-electron chi connectivity index (χ4n) is 3.28. The Morgan fingerprint density at radius 2 is 1.83 bits per heavy atom. The molecule has 2 heterocycles. The van der Waals surface area contributed by atoms with Crippen LogP contribution in [0.3, 0.4) is 0 Å². The SMILES string of the molecule is Cc1ccc(-n2ncc3c(=O)n(CCC(=O)NCCc4ccccc4)cnc32)cc1. The minimum Gasteiger partial charge on any atom is -0.356 e. The lowest BCUT2D eigenvalue weighted by atomic mass is 10.1. The third kappa shape index (κ3) is 4.30. The van der Waals surface area contributed by atoms with Crippen LogP contribution in [-0.2, 0) is 17.8 Å². The van der Waals surface area contributed by atoms with Crippen molar-refractivity contribution in [3.05, 3.63) is 88.6 Å². The van der Waals surface area contributed by atoms with Gasteiger partial charge in [0.05, 0.1) is 18.2 Å². The number of aryl methyl sites for hydroxylation is 2. The van der Waals surface area contributed by atoms with Crippen molar-refractivity contribution in [1.82, 2.24) is 24.6 Å². The molecular weight excluding hydrogens is 378 g/mol. The van der Waals surface area contributed by atoms with Crippen LogP contribution in [0.2, 0.25) is 0 Å². The maximum Gasteiger partial charge on any atom is 0.264 e. The summed E-state index contributed by atoms with van der Waals surface area (Å²) in [6.45, 7) is 2.85. The summed E-state index contributed by atoms with van der Waals surface area (Å²) in [4.78, 5) is 29.3. The fraction of sp³-hybridized carbons (Fsp3) is 0.217. The molecule has 0 aliphatic carbocycles. The zero-order valence-corrected chi connectivity index (χ0v) is 16.8. The number of benzene rings is 2. The summed E-state index contributed by atoms with van der Waals surface area (Å²) in [5.74, 6) is -0.0896. The second kappa shape index (κ2) is 8.73. The molecule has 0 aliphatic rings. The zero-order chi connectivity index (χ0) is 20.9. The molecule has 0 saturated heterocycles. The Bertz CT molecular complexity index is 1210. The minimum absolute atomic E-state index is 0.0896. The van der Waals surface area contributed by atoms with Gasteiger partial charge >= 0.3 is 0 Å². The van der Waals surface area contributed by atoms with Gasteiger partial charge in [0.2, 0.25) is 5.91 Å². The summed E-state index contributed by atoms with van der Waals surface area (Å²) in [5.41, 5.74) is 3.47. The highest BCUT2D eigenvalue weighted by molar-refractivity contribution is 5.76. The first kappa shape index (κ1) is 19.6. The molecule has 7 heteroatoms. The molecule has 0 unspecified atom stereocenters. The van der Waals surface area contributed by atoms with Crippen LogP contribution in [0.4, 0.5) is 0 Å². The Balaban J connectivity index is 1.40. The Labute approximate surface area is 174 Å². The van der Waals surface area contributed by atoms with Crippen molar-refractivity contribution in [2.45, 2.75) is 26.3 Å².